The van der Waals surface area contributed by atoms with Crippen LogP contribution in [0.1, 0.15) is 30.2 Å². The standard InChI is InChI=1S/C12H17N3O2S/c13-8(7-11(14)16)12(17)15-5-1-3-9(15)10-4-2-6-18-10/h2,4,6,8-9H,1,3,5,7,13H2,(H2,14,16). The number of likely N-dealkylation sites (tertiary alicyclic amines) is 1. The van der Waals surface area contributed by atoms with Crippen LogP contribution >= 0.6 is 11.3 Å². The molecule has 0 saturated carbocycles. The lowest BCUT2D eigenvalue weighted by molar-refractivity contribution is -0.135. The molecule has 1 aliphatic heterocycles. The summed E-state index contributed by atoms with van der Waals surface area (Å²) in [6.45, 7) is 0.702. The minimum atomic E-state index is -0.817. The normalized spacial score (nSPS) is 20.9. The van der Waals surface area contributed by atoms with Crippen molar-refractivity contribution in [2.24, 2.45) is 11.5 Å². The van der Waals surface area contributed by atoms with E-state index in [9.17, 15) is 9.59 Å². The Morgan fingerprint density at radius 1 is 1.56 bits per heavy atom. The SMILES string of the molecule is NC(=O)CC(N)C(=O)N1CCCC1c1cccs1. The smallest absolute Gasteiger partial charge is 0.240 e. The van der Waals surface area contributed by atoms with E-state index in [0.717, 1.165) is 12.8 Å². The van der Waals surface area contributed by atoms with Crippen molar-refractivity contribution in [3.63, 3.8) is 0 Å². The first kappa shape index (κ1) is 13.0. The summed E-state index contributed by atoms with van der Waals surface area (Å²) < 4.78 is 0. The van der Waals surface area contributed by atoms with E-state index in [4.69, 9.17) is 11.5 Å². The van der Waals surface area contributed by atoms with Crippen LogP contribution in [0.4, 0.5) is 0 Å². The van der Waals surface area contributed by atoms with Crippen molar-refractivity contribution in [2.75, 3.05) is 6.54 Å². The van der Waals surface area contributed by atoms with Crippen LogP contribution in [0.3, 0.4) is 0 Å². The molecule has 1 aromatic rings. The summed E-state index contributed by atoms with van der Waals surface area (Å²) in [5.74, 6) is -0.715. The zero-order valence-electron chi connectivity index (χ0n) is 10.0. The molecule has 2 heterocycles. The largest absolute Gasteiger partial charge is 0.370 e. The van der Waals surface area contributed by atoms with Crippen LogP contribution in [0, 0.1) is 0 Å². The van der Waals surface area contributed by atoms with Gasteiger partial charge in [-0.25, -0.2) is 0 Å². The van der Waals surface area contributed by atoms with Gasteiger partial charge < -0.3 is 16.4 Å². The lowest BCUT2D eigenvalue weighted by Gasteiger charge is -2.26. The summed E-state index contributed by atoms with van der Waals surface area (Å²) >= 11 is 1.64. The molecule has 0 aromatic carbocycles. The van der Waals surface area contributed by atoms with Crippen LogP contribution in [-0.2, 0) is 9.59 Å². The summed E-state index contributed by atoms with van der Waals surface area (Å²) in [4.78, 5) is 25.9. The summed E-state index contributed by atoms with van der Waals surface area (Å²) in [7, 11) is 0. The first-order chi connectivity index (χ1) is 8.59. The van der Waals surface area contributed by atoms with Crippen LogP contribution in [0.2, 0.25) is 0 Å². The zero-order valence-corrected chi connectivity index (χ0v) is 10.9. The molecule has 6 heteroatoms. The molecule has 2 unspecified atom stereocenters. The highest BCUT2D eigenvalue weighted by Crippen LogP contribution is 2.34. The fraction of sp³-hybridized carbons (Fsp3) is 0.500. The van der Waals surface area contributed by atoms with Crippen LogP contribution in [0.5, 0.6) is 0 Å². The van der Waals surface area contributed by atoms with Gasteiger partial charge in [-0.3, -0.25) is 9.59 Å². The number of nitrogens with two attached hydrogens (primary N) is 2. The van der Waals surface area contributed by atoms with Crippen molar-refractivity contribution in [1.82, 2.24) is 4.90 Å². The van der Waals surface area contributed by atoms with E-state index in [0.29, 0.717) is 6.54 Å². The highest BCUT2D eigenvalue weighted by molar-refractivity contribution is 7.10. The molecule has 0 bridgehead atoms. The van der Waals surface area contributed by atoms with Crippen LogP contribution in [0.25, 0.3) is 0 Å². The molecular formula is C12H17N3O2S. The molecule has 1 fully saturated rings. The van der Waals surface area contributed by atoms with E-state index >= 15 is 0 Å². The summed E-state index contributed by atoms with van der Waals surface area (Å²) in [6.07, 6.45) is 1.83. The Morgan fingerprint density at radius 3 is 2.94 bits per heavy atom. The van der Waals surface area contributed by atoms with Crippen LogP contribution < -0.4 is 11.5 Å². The van der Waals surface area contributed by atoms with Gasteiger partial charge in [0.05, 0.1) is 18.5 Å². The van der Waals surface area contributed by atoms with E-state index in [-0.39, 0.29) is 18.4 Å². The lowest BCUT2D eigenvalue weighted by atomic mass is 10.1. The second-order valence-electron chi connectivity index (χ2n) is 4.48. The Labute approximate surface area is 110 Å². The number of thiophene rings is 1. The summed E-state index contributed by atoms with van der Waals surface area (Å²) in [5, 5.41) is 2.00. The molecular weight excluding hydrogens is 250 g/mol. The highest BCUT2D eigenvalue weighted by Gasteiger charge is 2.33. The lowest BCUT2D eigenvalue weighted by Crippen LogP contribution is -2.45. The highest BCUT2D eigenvalue weighted by atomic mass is 32.1. The maximum absolute atomic E-state index is 12.2. The van der Waals surface area contributed by atoms with E-state index < -0.39 is 11.9 Å². The third-order valence-corrected chi connectivity index (χ3v) is 4.12. The molecule has 2 atom stereocenters. The molecule has 0 spiro atoms. The van der Waals surface area contributed by atoms with Gasteiger partial charge in [0, 0.05) is 11.4 Å². The Morgan fingerprint density at radius 2 is 2.33 bits per heavy atom. The maximum atomic E-state index is 12.2. The molecule has 4 N–H and O–H groups in total. The van der Waals surface area contributed by atoms with Gasteiger partial charge >= 0.3 is 0 Å². The molecule has 0 radical (unpaired) electrons. The van der Waals surface area contributed by atoms with E-state index in [1.807, 2.05) is 17.5 Å². The molecule has 1 aliphatic rings. The van der Waals surface area contributed by atoms with Gasteiger partial charge in [-0.1, -0.05) is 6.07 Å². The zero-order chi connectivity index (χ0) is 13.1. The fourth-order valence-electron chi connectivity index (χ4n) is 2.32. The Bertz CT molecular complexity index is 433. The number of carbonyl (C=O) groups excluding carboxylic acids is 2. The number of amides is 2. The first-order valence-electron chi connectivity index (χ1n) is 5.97. The van der Waals surface area contributed by atoms with E-state index in [2.05, 4.69) is 0 Å². The molecule has 2 amide bonds. The fourth-order valence-corrected chi connectivity index (χ4v) is 3.20. The minimum absolute atomic E-state index is 0.0908. The van der Waals surface area contributed by atoms with Crippen molar-refractivity contribution in [3.8, 4) is 0 Å². The number of carbonyl (C=O) groups is 2. The van der Waals surface area contributed by atoms with Gasteiger partial charge in [0.2, 0.25) is 11.8 Å². The van der Waals surface area contributed by atoms with E-state index in [1.165, 1.54) is 4.88 Å². The maximum Gasteiger partial charge on any atom is 0.240 e. The van der Waals surface area contributed by atoms with Gasteiger partial charge in [0.25, 0.3) is 0 Å². The van der Waals surface area contributed by atoms with Gasteiger partial charge in [-0.2, -0.15) is 0 Å². The monoisotopic (exact) mass is 267 g/mol. The number of rotatable bonds is 4. The van der Waals surface area contributed by atoms with Crippen molar-refractivity contribution in [2.45, 2.75) is 31.3 Å². The predicted molar refractivity (Wildman–Crippen MR) is 69.8 cm³/mol. The third kappa shape index (κ3) is 2.70. The molecule has 0 aliphatic carbocycles. The topological polar surface area (TPSA) is 89.4 Å². The summed E-state index contributed by atoms with van der Waals surface area (Å²) in [5.41, 5.74) is 10.8. The number of hydrogen-bond donors (Lipinski definition) is 2. The molecule has 1 saturated heterocycles. The Hall–Kier alpha value is -1.40. The first-order valence-corrected chi connectivity index (χ1v) is 6.85. The molecule has 5 nitrogen and oxygen atoms in total. The number of hydrogen-bond acceptors (Lipinski definition) is 4. The van der Waals surface area contributed by atoms with Gasteiger partial charge in [-0.05, 0) is 24.3 Å². The van der Waals surface area contributed by atoms with Crippen LogP contribution in [0.15, 0.2) is 17.5 Å². The van der Waals surface area contributed by atoms with Crippen molar-refractivity contribution in [3.05, 3.63) is 22.4 Å². The van der Waals surface area contributed by atoms with Crippen molar-refractivity contribution >= 4 is 23.2 Å². The van der Waals surface area contributed by atoms with E-state index in [1.54, 1.807) is 16.2 Å². The summed E-state index contributed by atoms with van der Waals surface area (Å²) in [6, 6.07) is 3.30. The van der Waals surface area contributed by atoms with Gasteiger partial charge in [0.15, 0.2) is 0 Å². The van der Waals surface area contributed by atoms with Gasteiger partial charge in [-0.15, -0.1) is 11.3 Å². The minimum Gasteiger partial charge on any atom is -0.370 e. The molecule has 18 heavy (non-hydrogen) atoms. The predicted octanol–water partition coefficient (Wildman–Crippen LogP) is 0.614. The molecule has 98 valence electrons. The van der Waals surface area contributed by atoms with Crippen molar-refractivity contribution < 1.29 is 9.59 Å². The molecule has 2 rings (SSSR count). The van der Waals surface area contributed by atoms with Gasteiger partial charge in [0.1, 0.15) is 0 Å². The number of nitrogens with zero attached hydrogens (tertiary/aromatic N) is 1. The Balaban J connectivity index is 2.07. The molecule has 1 aromatic heterocycles. The second kappa shape index (κ2) is 5.49. The average Bonchev–Trinajstić information content (AvgIpc) is 2.97. The van der Waals surface area contributed by atoms with Crippen LogP contribution in [-0.4, -0.2) is 29.3 Å². The second-order valence-corrected chi connectivity index (χ2v) is 5.46. The number of primary amides is 1. The Kier molecular flexibility index (Phi) is 3.98. The third-order valence-electron chi connectivity index (χ3n) is 3.15. The quantitative estimate of drug-likeness (QED) is 0.837. The van der Waals surface area contributed by atoms with Crippen molar-refractivity contribution in [1.29, 1.82) is 0 Å². The average molecular weight is 267 g/mol.